The van der Waals surface area contributed by atoms with Gasteiger partial charge < -0.3 is 0 Å². The number of nitrogens with zero attached hydrogens (tertiary/aromatic N) is 1. The van der Waals surface area contributed by atoms with Crippen LogP contribution in [0.4, 0.5) is 0 Å². The summed E-state index contributed by atoms with van der Waals surface area (Å²) in [6.45, 7) is 20.3. The van der Waals surface area contributed by atoms with Gasteiger partial charge >= 0.3 is 0 Å². The summed E-state index contributed by atoms with van der Waals surface area (Å²) >= 11 is 2.48. The zero-order valence-electron chi connectivity index (χ0n) is 19.8. The Bertz CT molecular complexity index is 892. The molecule has 2 aromatic carbocycles. The molecular formula is C27H35BIN. The van der Waals surface area contributed by atoms with Crippen LogP contribution in [-0.4, -0.2) is 4.57 Å². The lowest BCUT2D eigenvalue weighted by molar-refractivity contribution is 1.35. The lowest BCUT2D eigenvalue weighted by Crippen LogP contribution is -2.39. The number of benzene rings is 2. The standard InChI is InChI=1S/C16H15BIN.C9H14.C2H6/c1-11-8-12(2)16(13(3)9-11)17(18)15-6-4-14(10-19)5-7-15;1-5-6-9(4)7-8(2)3;1-2/h4-9H,1-3H3;5-7H,2H2,1,3-4H3;1-2H3/b;6-5+,9-7-;. The molecule has 0 aliphatic carbocycles. The van der Waals surface area contributed by atoms with E-state index in [2.05, 4.69) is 87.0 Å². The number of hydrogen-bond donors (Lipinski definition) is 0. The first-order valence-corrected chi connectivity index (χ1v) is 11.6. The second kappa shape index (κ2) is 14.9. The van der Waals surface area contributed by atoms with E-state index in [1.54, 1.807) is 0 Å². The van der Waals surface area contributed by atoms with Crippen LogP contribution in [0.1, 0.15) is 56.9 Å². The molecule has 0 saturated carbocycles. The summed E-state index contributed by atoms with van der Waals surface area (Å²) < 4.78 is 0.325. The van der Waals surface area contributed by atoms with Crippen LogP contribution in [0.3, 0.4) is 0 Å². The largest absolute Gasteiger partial charge is 0.283 e. The Kier molecular flexibility index (Phi) is 13.8. The van der Waals surface area contributed by atoms with Gasteiger partial charge in [0.05, 0.1) is 11.6 Å². The lowest BCUT2D eigenvalue weighted by atomic mass is 9.60. The van der Waals surface area contributed by atoms with E-state index < -0.39 is 0 Å². The molecule has 0 aromatic heterocycles. The molecule has 0 bridgehead atoms. The molecule has 1 nitrogen and oxygen atoms in total. The second-order valence-corrected chi connectivity index (χ2v) is 8.39. The summed E-state index contributed by atoms with van der Waals surface area (Å²) in [4.78, 5) is 0. The molecule has 0 aliphatic rings. The minimum absolute atomic E-state index is 0.325. The summed E-state index contributed by atoms with van der Waals surface area (Å²) in [6.07, 6.45) is 6.14. The molecule has 0 heterocycles. The summed E-state index contributed by atoms with van der Waals surface area (Å²) in [5.41, 5.74) is 9.68. The predicted octanol–water partition coefficient (Wildman–Crippen LogP) is 7.14. The van der Waals surface area contributed by atoms with Crippen molar-refractivity contribution in [1.82, 2.24) is 0 Å². The topological polar surface area (TPSA) is 23.8 Å². The predicted molar refractivity (Wildman–Crippen MR) is 146 cm³/mol. The van der Waals surface area contributed by atoms with Crippen molar-refractivity contribution in [2.24, 2.45) is 0 Å². The van der Waals surface area contributed by atoms with Gasteiger partial charge in [0.2, 0.25) is 0 Å². The normalized spacial score (nSPS) is 10.3. The Labute approximate surface area is 198 Å². The first kappa shape index (κ1) is 27.9. The van der Waals surface area contributed by atoms with Crippen LogP contribution >= 0.6 is 22.4 Å². The summed E-state index contributed by atoms with van der Waals surface area (Å²) in [6, 6.07) is 14.5. The number of rotatable bonds is 4. The van der Waals surface area contributed by atoms with Crippen LogP contribution in [0.15, 0.2) is 72.4 Å². The summed E-state index contributed by atoms with van der Waals surface area (Å²) in [5, 5.41) is 8.85. The maximum absolute atomic E-state index is 8.85. The summed E-state index contributed by atoms with van der Waals surface area (Å²) in [7, 11) is 0. The smallest absolute Gasteiger partial charge is 0.192 e. The molecule has 3 heteroatoms. The molecule has 158 valence electrons. The van der Waals surface area contributed by atoms with Gasteiger partial charge in [-0.25, -0.2) is 0 Å². The van der Waals surface area contributed by atoms with Gasteiger partial charge in [0, 0.05) is 0 Å². The van der Waals surface area contributed by atoms with Gasteiger partial charge in [-0.3, -0.25) is 0 Å². The Morgan fingerprint density at radius 2 is 1.53 bits per heavy atom. The van der Waals surface area contributed by atoms with Crippen molar-refractivity contribution < 1.29 is 0 Å². The average Bonchev–Trinajstić information content (AvgIpc) is 2.69. The first-order chi connectivity index (χ1) is 14.2. The number of aryl methyl sites for hydroxylation is 3. The van der Waals surface area contributed by atoms with Crippen LogP contribution < -0.4 is 10.9 Å². The number of allylic oxidation sites excluding steroid dienone is 5. The van der Waals surface area contributed by atoms with Crippen molar-refractivity contribution in [3.63, 3.8) is 0 Å². The zero-order valence-corrected chi connectivity index (χ0v) is 22.0. The van der Waals surface area contributed by atoms with Gasteiger partial charge in [-0.2, -0.15) is 5.26 Å². The fourth-order valence-electron chi connectivity index (χ4n) is 3.18. The highest BCUT2D eigenvalue weighted by atomic mass is 127. The molecule has 0 amide bonds. The molecular weight excluding hydrogens is 476 g/mol. The highest BCUT2D eigenvalue weighted by Crippen LogP contribution is 2.11. The third-order valence-corrected chi connectivity index (χ3v) is 5.57. The van der Waals surface area contributed by atoms with Crippen molar-refractivity contribution in [1.29, 1.82) is 5.26 Å². The third-order valence-electron chi connectivity index (χ3n) is 4.23. The fraction of sp³-hybridized carbons (Fsp3) is 0.296. The molecule has 2 aromatic rings. The monoisotopic (exact) mass is 511 g/mol. The van der Waals surface area contributed by atoms with E-state index in [9.17, 15) is 0 Å². The van der Waals surface area contributed by atoms with Crippen molar-refractivity contribution in [2.45, 2.75) is 55.4 Å². The van der Waals surface area contributed by atoms with Crippen molar-refractivity contribution in [3.8, 4) is 6.07 Å². The number of hydrogen-bond acceptors (Lipinski definition) is 1. The fourth-order valence-corrected chi connectivity index (χ4v) is 4.58. The molecule has 0 spiro atoms. The zero-order chi connectivity index (χ0) is 23.3. The summed E-state index contributed by atoms with van der Waals surface area (Å²) in [5.74, 6) is 0. The van der Waals surface area contributed by atoms with Crippen LogP contribution in [0.5, 0.6) is 0 Å². The molecule has 30 heavy (non-hydrogen) atoms. The molecule has 0 atom stereocenters. The Balaban J connectivity index is 0.000000648. The van der Waals surface area contributed by atoms with Gasteiger partial charge in [0.25, 0.3) is 4.57 Å². The van der Waals surface area contributed by atoms with Crippen LogP contribution in [0, 0.1) is 32.1 Å². The van der Waals surface area contributed by atoms with Crippen LogP contribution in [-0.2, 0) is 0 Å². The van der Waals surface area contributed by atoms with E-state index in [4.69, 9.17) is 5.26 Å². The molecule has 0 radical (unpaired) electrons. The van der Waals surface area contributed by atoms with Crippen molar-refractivity contribution in [2.75, 3.05) is 0 Å². The maximum Gasteiger partial charge on any atom is 0.283 e. The minimum Gasteiger partial charge on any atom is -0.192 e. The van der Waals surface area contributed by atoms with E-state index in [1.807, 2.05) is 58.0 Å². The van der Waals surface area contributed by atoms with Crippen molar-refractivity contribution in [3.05, 3.63) is 94.6 Å². The minimum atomic E-state index is 0.325. The molecule has 0 unspecified atom stereocenters. The van der Waals surface area contributed by atoms with E-state index >= 15 is 0 Å². The molecule has 2 rings (SSSR count). The Morgan fingerprint density at radius 3 is 1.93 bits per heavy atom. The van der Waals surface area contributed by atoms with Gasteiger partial charge in [-0.1, -0.05) is 102 Å². The number of halogens is 1. The molecule has 0 fully saturated rings. The quantitative estimate of drug-likeness (QED) is 0.243. The lowest BCUT2D eigenvalue weighted by Gasteiger charge is -2.15. The van der Waals surface area contributed by atoms with E-state index in [-0.39, 0.29) is 0 Å². The van der Waals surface area contributed by atoms with Gasteiger partial charge in [0.15, 0.2) is 0 Å². The SMILES string of the molecule is C=C(C)/C=C(C)\C=C\C.CC.Cc1cc(C)c(B(I)c2ccc(C#N)cc2)c(C)c1. The highest BCUT2D eigenvalue weighted by molar-refractivity contribution is 14.1. The number of nitriles is 1. The molecule has 0 N–H and O–H groups in total. The van der Waals surface area contributed by atoms with Gasteiger partial charge in [-0.15, -0.1) is 22.4 Å². The Hall–Kier alpha value is -2.06. The molecule has 0 saturated heterocycles. The molecule has 0 aliphatic heterocycles. The van der Waals surface area contributed by atoms with Crippen LogP contribution in [0.25, 0.3) is 0 Å². The maximum atomic E-state index is 8.85. The average molecular weight is 511 g/mol. The first-order valence-electron chi connectivity index (χ1n) is 10.4. The van der Waals surface area contributed by atoms with E-state index in [1.165, 1.54) is 33.2 Å². The van der Waals surface area contributed by atoms with Gasteiger partial charge in [0.1, 0.15) is 0 Å². The van der Waals surface area contributed by atoms with E-state index in [0.717, 1.165) is 5.57 Å². The van der Waals surface area contributed by atoms with Crippen LogP contribution in [0.2, 0.25) is 0 Å². The third kappa shape index (κ3) is 9.63. The highest BCUT2D eigenvalue weighted by Gasteiger charge is 2.19. The van der Waals surface area contributed by atoms with Crippen molar-refractivity contribution >= 4 is 37.9 Å². The van der Waals surface area contributed by atoms with Gasteiger partial charge in [-0.05, 0) is 53.7 Å². The van der Waals surface area contributed by atoms with E-state index in [0.29, 0.717) is 10.1 Å². The second-order valence-electron chi connectivity index (χ2n) is 7.14. The Morgan fingerprint density at radius 1 is 1.03 bits per heavy atom.